The average Bonchev–Trinajstić information content (AvgIpc) is 2.83. The van der Waals surface area contributed by atoms with E-state index < -0.39 is 0 Å². The van der Waals surface area contributed by atoms with E-state index >= 15 is 0 Å². The van der Waals surface area contributed by atoms with E-state index in [9.17, 15) is 4.79 Å². The summed E-state index contributed by atoms with van der Waals surface area (Å²) in [7, 11) is 0. The molecule has 0 saturated carbocycles. The van der Waals surface area contributed by atoms with E-state index in [0.717, 1.165) is 29.0 Å². The number of carbonyl (C=O) groups excluding carboxylic acids is 1. The van der Waals surface area contributed by atoms with Crippen LogP contribution in [0.25, 0.3) is 0 Å². The Morgan fingerprint density at radius 1 is 1.53 bits per heavy atom. The van der Waals surface area contributed by atoms with Gasteiger partial charge in [0.25, 0.3) is 0 Å². The number of rotatable bonds is 3. The molecule has 1 aromatic rings. The summed E-state index contributed by atoms with van der Waals surface area (Å²) in [5.74, 6) is 0.932. The van der Waals surface area contributed by atoms with Crippen LogP contribution in [0.4, 0.5) is 5.13 Å². The van der Waals surface area contributed by atoms with Crippen LogP contribution < -0.4 is 4.90 Å². The van der Waals surface area contributed by atoms with E-state index in [1.165, 1.54) is 6.42 Å². The fourth-order valence-corrected chi connectivity index (χ4v) is 3.08. The van der Waals surface area contributed by atoms with Gasteiger partial charge in [0.15, 0.2) is 10.9 Å². The van der Waals surface area contributed by atoms with Crippen molar-refractivity contribution in [3.8, 4) is 0 Å². The van der Waals surface area contributed by atoms with Crippen LogP contribution in [0.1, 0.15) is 42.6 Å². The predicted molar refractivity (Wildman–Crippen MR) is 72.0 cm³/mol. The number of nitrogens with zero attached hydrogens (tertiary/aromatic N) is 2. The van der Waals surface area contributed by atoms with Gasteiger partial charge in [0.1, 0.15) is 5.69 Å². The molecule has 0 N–H and O–H groups in total. The molecule has 1 aliphatic heterocycles. The zero-order valence-corrected chi connectivity index (χ0v) is 11.8. The third-order valence-corrected chi connectivity index (χ3v) is 4.27. The summed E-state index contributed by atoms with van der Waals surface area (Å²) in [5, 5.41) is 1.02. The Balaban J connectivity index is 2.21. The Bertz CT molecular complexity index is 425. The molecule has 0 aliphatic carbocycles. The number of ketones is 1. The minimum absolute atomic E-state index is 0.0288. The lowest BCUT2D eigenvalue weighted by atomic mass is 10.1. The van der Waals surface area contributed by atoms with Crippen molar-refractivity contribution in [1.82, 2.24) is 4.98 Å². The van der Waals surface area contributed by atoms with Crippen LogP contribution in [0, 0.1) is 18.8 Å². The summed E-state index contributed by atoms with van der Waals surface area (Å²) in [6.45, 7) is 10.3. The monoisotopic (exact) mass is 252 g/mol. The molecule has 17 heavy (non-hydrogen) atoms. The summed E-state index contributed by atoms with van der Waals surface area (Å²) in [6.07, 6.45) is 1.23. The largest absolute Gasteiger partial charge is 0.348 e. The second-order valence-corrected chi connectivity index (χ2v) is 6.44. The first kappa shape index (κ1) is 12.6. The SMILES string of the molecule is Cc1sc(N2CC[C@H](C)C2)nc1C(=O)C(C)C. The molecule has 0 aromatic carbocycles. The van der Waals surface area contributed by atoms with Gasteiger partial charge in [-0.1, -0.05) is 20.8 Å². The van der Waals surface area contributed by atoms with E-state index in [1.54, 1.807) is 11.3 Å². The Morgan fingerprint density at radius 2 is 2.24 bits per heavy atom. The molecular formula is C13H20N2OS. The third-order valence-electron chi connectivity index (χ3n) is 3.24. The molecule has 1 aromatic heterocycles. The lowest BCUT2D eigenvalue weighted by Gasteiger charge is -2.13. The maximum Gasteiger partial charge on any atom is 0.186 e. The highest BCUT2D eigenvalue weighted by Crippen LogP contribution is 2.30. The number of anilines is 1. The van der Waals surface area contributed by atoms with Crippen molar-refractivity contribution in [3.05, 3.63) is 10.6 Å². The smallest absolute Gasteiger partial charge is 0.186 e. The average molecular weight is 252 g/mol. The summed E-state index contributed by atoms with van der Waals surface area (Å²) >= 11 is 1.65. The molecule has 0 spiro atoms. The molecule has 3 nitrogen and oxygen atoms in total. The molecule has 0 unspecified atom stereocenters. The van der Waals surface area contributed by atoms with E-state index in [1.807, 2.05) is 20.8 Å². The van der Waals surface area contributed by atoms with Crippen molar-refractivity contribution < 1.29 is 4.79 Å². The highest BCUT2D eigenvalue weighted by atomic mass is 32.1. The number of carbonyl (C=O) groups is 1. The number of aromatic nitrogens is 1. The summed E-state index contributed by atoms with van der Waals surface area (Å²) in [4.78, 5) is 19.9. The van der Waals surface area contributed by atoms with Gasteiger partial charge < -0.3 is 4.90 Å². The molecule has 2 rings (SSSR count). The Hall–Kier alpha value is -0.900. The molecular weight excluding hydrogens is 232 g/mol. The molecule has 94 valence electrons. The van der Waals surface area contributed by atoms with Gasteiger partial charge in [0.05, 0.1) is 0 Å². The van der Waals surface area contributed by atoms with Gasteiger partial charge in [-0.15, -0.1) is 11.3 Å². The summed E-state index contributed by atoms with van der Waals surface area (Å²) in [5.41, 5.74) is 0.680. The first-order valence-electron chi connectivity index (χ1n) is 6.25. The van der Waals surface area contributed by atoms with E-state index in [-0.39, 0.29) is 11.7 Å². The number of hydrogen-bond acceptors (Lipinski definition) is 4. The fraction of sp³-hybridized carbons (Fsp3) is 0.692. The van der Waals surface area contributed by atoms with Crippen LogP contribution in [0.3, 0.4) is 0 Å². The molecule has 1 aliphatic rings. The maximum absolute atomic E-state index is 12.0. The third kappa shape index (κ3) is 2.51. The van der Waals surface area contributed by atoms with Crippen LogP contribution in [-0.2, 0) is 0 Å². The topological polar surface area (TPSA) is 33.2 Å². The molecule has 2 heterocycles. The first-order valence-corrected chi connectivity index (χ1v) is 7.07. The van der Waals surface area contributed by atoms with Crippen LogP contribution in [0.5, 0.6) is 0 Å². The zero-order chi connectivity index (χ0) is 12.6. The molecule has 1 fully saturated rings. The zero-order valence-electron chi connectivity index (χ0n) is 11.0. The lowest BCUT2D eigenvalue weighted by Crippen LogP contribution is -2.19. The van der Waals surface area contributed by atoms with Crippen LogP contribution >= 0.6 is 11.3 Å². The molecule has 1 atom stereocenters. The van der Waals surface area contributed by atoms with E-state index in [0.29, 0.717) is 5.69 Å². The van der Waals surface area contributed by atoms with Crippen molar-refractivity contribution in [2.45, 2.75) is 34.1 Å². The summed E-state index contributed by atoms with van der Waals surface area (Å²) in [6, 6.07) is 0. The minimum atomic E-state index is 0.0288. The molecule has 4 heteroatoms. The van der Waals surface area contributed by atoms with Gasteiger partial charge in [-0.3, -0.25) is 4.79 Å². The Morgan fingerprint density at radius 3 is 2.76 bits per heavy atom. The number of aryl methyl sites for hydroxylation is 1. The summed E-state index contributed by atoms with van der Waals surface area (Å²) < 4.78 is 0. The molecule has 0 amide bonds. The van der Waals surface area contributed by atoms with Crippen molar-refractivity contribution in [2.75, 3.05) is 18.0 Å². The van der Waals surface area contributed by atoms with Crippen LogP contribution in [0.2, 0.25) is 0 Å². The highest BCUT2D eigenvalue weighted by molar-refractivity contribution is 7.15. The van der Waals surface area contributed by atoms with Gasteiger partial charge in [-0.05, 0) is 19.3 Å². The molecule has 0 bridgehead atoms. The molecule has 0 radical (unpaired) electrons. The van der Waals surface area contributed by atoms with Gasteiger partial charge in [-0.25, -0.2) is 4.98 Å². The van der Waals surface area contributed by atoms with Gasteiger partial charge >= 0.3 is 0 Å². The normalized spacial score (nSPS) is 20.3. The van der Waals surface area contributed by atoms with Gasteiger partial charge in [0, 0.05) is 23.9 Å². The van der Waals surface area contributed by atoms with Crippen molar-refractivity contribution >= 4 is 22.3 Å². The number of thiazole rings is 1. The predicted octanol–water partition coefficient (Wildman–Crippen LogP) is 3.14. The second-order valence-electron chi connectivity index (χ2n) is 5.26. The number of hydrogen-bond donors (Lipinski definition) is 0. The van der Waals surface area contributed by atoms with Crippen molar-refractivity contribution in [1.29, 1.82) is 0 Å². The number of Topliss-reactive ketones (excluding diaryl/α,β-unsaturated/α-hetero) is 1. The first-order chi connectivity index (χ1) is 7.99. The van der Waals surface area contributed by atoms with Gasteiger partial charge in [0.2, 0.25) is 0 Å². The second kappa shape index (κ2) is 4.77. The standard InChI is InChI=1S/C13H20N2OS/c1-8(2)12(16)11-10(4)17-13(14-11)15-6-5-9(3)7-15/h8-9H,5-7H2,1-4H3/t9-/m0/s1. The maximum atomic E-state index is 12.0. The van der Waals surface area contributed by atoms with Gasteiger partial charge in [-0.2, -0.15) is 0 Å². The lowest BCUT2D eigenvalue weighted by molar-refractivity contribution is 0.0934. The van der Waals surface area contributed by atoms with Crippen molar-refractivity contribution in [3.63, 3.8) is 0 Å². The van der Waals surface area contributed by atoms with E-state index in [4.69, 9.17) is 0 Å². The highest BCUT2D eigenvalue weighted by Gasteiger charge is 2.24. The Kier molecular flexibility index (Phi) is 3.52. The molecule has 1 saturated heterocycles. The van der Waals surface area contributed by atoms with Crippen LogP contribution in [0.15, 0.2) is 0 Å². The minimum Gasteiger partial charge on any atom is -0.348 e. The van der Waals surface area contributed by atoms with Crippen molar-refractivity contribution in [2.24, 2.45) is 11.8 Å². The van der Waals surface area contributed by atoms with E-state index in [2.05, 4.69) is 16.8 Å². The fourth-order valence-electron chi connectivity index (χ4n) is 2.13. The Labute approximate surface area is 107 Å². The quantitative estimate of drug-likeness (QED) is 0.775. The van der Waals surface area contributed by atoms with Crippen LogP contribution in [-0.4, -0.2) is 23.9 Å².